The molecule has 94 valence electrons. The molecular formula is C15H15ClO2. The average Bonchev–Trinajstić information content (AvgIpc) is 2.39. The minimum absolute atomic E-state index is 0.653. The fourth-order valence-corrected chi connectivity index (χ4v) is 1.99. The predicted octanol–water partition coefficient (Wildman–Crippen LogP) is 3.60. The normalized spacial score (nSPS) is 14.0. The van der Waals surface area contributed by atoms with Crippen LogP contribution in [0.3, 0.4) is 0 Å². The van der Waals surface area contributed by atoms with Gasteiger partial charge < -0.3 is 9.84 Å². The minimum atomic E-state index is -1.07. The van der Waals surface area contributed by atoms with Crippen LogP contribution in [0.2, 0.25) is 5.02 Å². The Balaban J connectivity index is 2.43. The van der Waals surface area contributed by atoms with Crippen LogP contribution in [0, 0.1) is 0 Å². The van der Waals surface area contributed by atoms with Gasteiger partial charge in [0.05, 0.1) is 7.11 Å². The highest BCUT2D eigenvalue weighted by Gasteiger charge is 2.25. The van der Waals surface area contributed by atoms with Crippen molar-refractivity contribution in [3.63, 3.8) is 0 Å². The molecule has 0 aliphatic heterocycles. The van der Waals surface area contributed by atoms with E-state index >= 15 is 0 Å². The zero-order chi connectivity index (χ0) is 13.2. The van der Waals surface area contributed by atoms with Crippen LogP contribution in [0.4, 0.5) is 0 Å². The van der Waals surface area contributed by atoms with Crippen molar-refractivity contribution < 1.29 is 9.84 Å². The fraction of sp³-hybridized carbons (Fsp3) is 0.200. The highest BCUT2D eigenvalue weighted by Crippen LogP contribution is 2.31. The van der Waals surface area contributed by atoms with Crippen LogP contribution in [0.5, 0.6) is 5.75 Å². The van der Waals surface area contributed by atoms with E-state index in [-0.39, 0.29) is 0 Å². The molecule has 0 heterocycles. The third kappa shape index (κ3) is 2.50. The molecule has 1 N–H and O–H groups in total. The van der Waals surface area contributed by atoms with Crippen molar-refractivity contribution in [3.05, 3.63) is 64.7 Å². The molecule has 0 amide bonds. The van der Waals surface area contributed by atoms with Crippen molar-refractivity contribution in [2.75, 3.05) is 7.11 Å². The summed E-state index contributed by atoms with van der Waals surface area (Å²) in [5.41, 5.74) is 0.503. The van der Waals surface area contributed by atoms with E-state index in [0.29, 0.717) is 5.02 Å². The van der Waals surface area contributed by atoms with Gasteiger partial charge in [0.15, 0.2) is 0 Å². The molecule has 2 rings (SSSR count). The van der Waals surface area contributed by atoms with E-state index in [1.54, 1.807) is 26.2 Å². The van der Waals surface area contributed by atoms with Crippen LogP contribution in [0.25, 0.3) is 0 Å². The first kappa shape index (κ1) is 12.9. The van der Waals surface area contributed by atoms with Crippen LogP contribution in [-0.2, 0) is 5.60 Å². The predicted molar refractivity (Wildman–Crippen MR) is 73.1 cm³/mol. The van der Waals surface area contributed by atoms with E-state index in [0.717, 1.165) is 16.9 Å². The van der Waals surface area contributed by atoms with Gasteiger partial charge in [-0.2, -0.15) is 0 Å². The van der Waals surface area contributed by atoms with Crippen molar-refractivity contribution in [2.45, 2.75) is 12.5 Å². The first-order valence-electron chi connectivity index (χ1n) is 5.67. The number of rotatable bonds is 3. The lowest BCUT2D eigenvalue weighted by molar-refractivity contribution is 0.102. The Morgan fingerprint density at radius 1 is 1.06 bits per heavy atom. The highest BCUT2D eigenvalue weighted by molar-refractivity contribution is 6.30. The number of aliphatic hydroxyl groups is 1. The molecule has 1 atom stereocenters. The first-order valence-corrected chi connectivity index (χ1v) is 6.05. The lowest BCUT2D eigenvalue weighted by Crippen LogP contribution is -2.22. The van der Waals surface area contributed by atoms with Gasteiger partial charge in [0, 0.05) is 5.02 Å². The van der Waals surface area contributed by atoms with Gasteiger partial charge in [-0.05, 0) is 42.3 Å². The van der Waals surface area contributed by atoms with Crippen LogP contribution in [-0.4, -0.2) is 12.2 Å². The second-order valence-corrected chi connectivity index (χ2v) is 4.75. The summed E-state index contributed by atoms with van der Waals surface area (Å²) in [6.07, 6.45) is 0. The number of hydrogen-bond donors (Lipinski definition) is 1. The number of hydrogen-bond acceptors (Lipinski definition) is 2. The number of methoxy groups -OCH3 is 1. The standard InChI is InChI=1S/C15H15ClO2/c1-15(17,11-6-8-13(16)9-7-11)12-4-3-5-14(10-12)18-2/h3-10,17H,1-2H3. The second-order valence-electron chi connectivity index (χ2n) is 4.31. The third-order valence-corrected chi connectivity index (χ3v) is 3.29. The summed E-state index contributed by atoms with van der Waals surface area (Å²) in [6.45, 7) is 1.75. The summed E-state index contributed by atoms with van der Waals surface area (Å²) in [4.78, 5) is 0. The van der Waals surface area contributed by atoms with Gasteiger partial charge in [-0.25, -0.2) is 0 Å². The van der Waals surface area contributed by atoms with Gasteiger partial charge in [0.25, 0.3) is 0 Å². The molecule has 0 aliphatic rings. The van der Waals surface area contributed by atoms with Crippen LogP contribution < -0.4 is 4.74 Å². The van der Waals surface area contributed by atoms with Crippen LogP contribution in [0.1, 0.15) is 18.1 Å². The quantitative estimate of drug-likeness (QED) is 0.916. The Morgan fingerprint density at radius 3 is 2.33 bits per heavy atom. The highest BCUT2D eigenvalue weighted by atomic mass is 35.5. The molecule has 0 saturated heterocycles. The summed E-state index contributed by atoms with van der Waals surface area (Å²) < 4.78 is 5.17. The van der Waals surface area contributed by atoms with E-state index in [1.807, 2.05) is 36.4 Å². The van der Waals surface area contributed by atoms with Crippen LogP contribution >= 0.6 is 11.6 Å². The molecule has 0 fully saturated rings. The molecule has 18 heavy (non-hydrogen) atoms. The molecule has 0 radical (unpaired) electrons. The molecule has 0 bridgehead atoms. The van der Waals surface area contributed by atoms with Crippen molar-refractivity contribution in [1.82, 2.24) is 0 Å². The second kappa shape index (κ2) is 5.01. The number of halogens is 1. The van der Waals surface area contributed by atoms with E-state index in [4.69, 9.17) is 16.3 Å². The molecule has 2 nitrogen and oxygen atoms in total. The third-order valence-electron chi connectivity index (χ3n) is 3.04. The lowest BCUT2D eigenvalue weighted by atomic mass is 9.88. The van der Waals surface area contributed by atoms with Crippen molar-refractivity contribution in [1.29, 1.82) is 0 Å². The van der Waals surface area contributed by atoms with Gasteiger partial charge >= 0.3 is 0 Å². The van der Waals surface area contributed by atoms with Crippen molar-refractivity contribution >= 4 is 11.6 Å². The van der Waals surface area contributed by atoms with E-state index in [1.165, 1.54) is 0 Å². The van der Waals surface area contributed by atoms with Gasteiger partial charge in [-0.1, -0.05) is 35.9 Å². The van der Waals surface area contributed by atoms with Gasteiger partial charge in [0.1, 0.15) is 11.4 Å². The minimum Gasteiger partial charge on any atom is -0.497 e. The topological polar surface area (TPSA) is 29.5 Å². The number of benzene rings is 2. The van der Waals surface area contributed by atoms with E-state index in [2.05, 4.69) is 0 Å². The molecule has 0 saturated carbocycles. The summed E-state index contributed by atoms with van der Waals surface area (Å²) in [6, 6.07) is 14.6. The van der Waals surface area contributed by atoms with Crippen molar-refractivity contribution in [3.8, 4) is 5.75 Å². The zero-order valence-electron chi connectivity index (χ0n) is 10.4. The Bertz CT molecular complexity index is 532. The first-order chi connectivity index (χ1) is 8.54. The van der Waals surface area contributed by atoms with Crippen LogP contribution in [0.15, 0.2) is 48.5 Å². The molecule has 0 spiro atoms. The Kier molecular flexibility index (Phi) is 3.60. The molecule has 2 aromatic carbocycles. The van der Waals surface area contributed by atoms with Crippen molar-refractivity contribution in [2.24, 2.45) is 0 Å². The molecular weight excluding hydrogens is 248 g/mol. The smallest absolute Gasteiger partial charge is 0.119 e. The average molecular weight is 263 g/mol. The molecule has 3 heteroatoms. The molecule has 0 aromatic heterocycles. The summed E-state index contributed by atoms with van der Waals surface area (Å²) in [7, 11) is 1.61. The van der Waals surface area contributed by atoms with Gasteiger partial charge in [-0.3, -0.25) is 0 Å². The SMILES string of the molecule is COc1cccc(C(C)(O)c2ccc(Cl)cc2)c1. The van der Waals surface area contributed by atoms with E-state index in [9.17, 15) is 5.11 Å². The maximum absolute atomic E-state index is 10.7. The monoisotopic (exact) mass is 262 g/mol. The van der Waals surface area contributed by atoms with Gasteiger partial charge in [-0.15, -0.1) is 0 Å². The maximum atomic E-state index is 10.7. The Labute approximate surface area is 112 Å². The molecule has 1 unspecified atom stereocenters. The fourth-order valence-electron chi connectivity index (χ4n) is 1.87. The number of ether oxygens (including phenoxy) is 1. The molecule has 0 aliphatic carbocycles. The lowest BCUT2D eigenvalue weighted by Gasteiger charge is -2.25. The summed E-state index contributed by atoms with van der Waals surface area (Å²) in [5.74, 6) is 0.724. The Morgan fingerprint density at radius 2 is 1.72 bits per heavy atom. The molecule has 2 aromatic rings. The summed E-state index contributed by atoms with van der Waals surface area (Å²) in [5, 5.41) is 11.3. The maximum Gasteiger partial charge on any atom is 0.119 e. The van der Waals surface area contributed by atoms with Gasteiger partial charge in [0.2, 0.25) is 0 Å². The largest absolute Gasteiger partial charge is 0.497 e. The summed E-state index contributed by atoms with van der Waals surface area (Å²) >= 11 is 5.85. The van der Waals surface area contributed by atoms with E-state index < -0.39 is 5.60 Å². The Hall–Kier alpha value is -1.51. The zero-order valence-corrected chi connectivity index (χ0v) is 11.1.